The normalized spacial score (nSPS) is 11.5. The van der Waals surface area contributed by atoms with Gasteiger partial charge in [-0.1, -0.05) is 12.1 Å². The van der Waals surface area contributed by atoms with Crippen molar-refractivity contribution in [2.75, 3.05) is 5.73 Å². The van der Waals surface area contributed by atoms with Crippen molar-refractivity contribution in [1.29, 1.82) is 0 Å². The van der Waals surface area contributed by atoms with Gasteiger partial charge < -0.3 is 5.73 Å². The van der Waals surface area contributed by atoms with Crippen molar-refractivity contribution in [3.05, 3.63) is 46.1 Å². The Kier molecular flexibility index (Phi) is 2.89. The van der Waals surface area contributed by atoms with Crippen LogP contribution >= 0.6 is 0 Å². The summed E-state index contributed by atoms with van der Waals surface area (Å²) in [7, 11) is 0. The lowest BCUT2D eigenvalue weighted by Crippen LogP contribution is -2.14. The lowest BCUT2D eigenvalue weighted by Gasteiger charge is -2.09. The first-order valence-electron chi connectivity index (χ1n) is 4.97. The van der Waals surface area contributed by atoms with Crippen LogP contribution < -0.4 is 5.73 Å². The van der Waals surface area contributed by atoms with Gasteiger partial charge in [0, 0.05) is 12.1 Å². The number of alkyl halides is 3. The van der Waals surface area contributed by atoms with Crippen LogP contribution in [0.5, 0.6) is 0 Å². The molecule has 0 saturated heterocycles. The first-order valence-corrected chi connectivity index (χ1v) is 4.97. The third-order valence-corrected chi connectivity index (χ3v) is 2.33. The predicted molar refractivity (Wildman–Crippen MR) is 59.6 cm³/mol. The molecule has 19 heavy (non-hydrogen) atoms. The van der Waals surface area contributed by atoms with Gasteiger partial charge in [0.05, 0.1) is 4.92 Å². The molecule has 0 radical (unpaired) electrons. The molecule has 0 unspecified atom stereocenters. The molecule has 0 amide bonds. The summed E-state index contributed by atoms with van der Waals surface area (Å²) in [4.78, 5) is 10.0. The summed E-state index contributed by atoms with van der Waals surface area (Å²) in [6, 6.07) is 5.60. The van der Waals surface area contributed by atoms with E-state index in [1.165, 1.54) is 18.2 Å². The first kappa shape index (κ1) is 12.9. The van der Waals surface area contributed by atoms with Crippen LogP contribution in [0.25, 0.3) is 5.69 Å². The van der Waals surface area contributed by atoms with Crippen LogP contribution in [-0.4, -0.2) is 14.7 Å². The number of nitrogen functional groups attached to an aromatic ring is 1. The molecule has 100 valence electrons. The minimum Gasteiger partial charge on any atom is -0.382 e. The molecule has 2 N–H and O–H groups in total. The molecular weight excluding hydrogens is 265 g/mol. The van der Waals surface area contributed by atoms with E-state index in [1.54, 1.807) is 0 Å². The van der Waals surface area contributed by atoms with Crippen molar-refractivity contribution in [1.82, 2.24) is 9.78 Å². The topological polar surface area (TPSA) is 87.0 Å². The predicted octanol–water partition coefficient (Wildman–Crippen LogP) is 2.38. The van der Waals surface area contributed by atoms with E-state index < -0.39 is 22.5 Å². The summed E-state index contributed by atoms with van der Waals surface area (Å²) in [6.45, 7) is 0. The van der Waals surface area contributed by atoms with E-state index in [2.05, 4.69) is 5.10 Å². The summed E-state index contributed by atoms with van der Waals surface area (Å²) in [6.07, 6.45) is -4.71. The fourth-order valence-electron chi connectivity index (χ4n) is 1.58. The fraction of sp³-hybridized carbons (Fsp3) is 0.100. The van der Waals surface area contributed by atoms with E-state index >= 15 is 0 Å². The lowest BCUT2D eigenvalue weighted by atomic mass is 10.2. The van der Waals surface area contributed by atoms with Crippen molar-refractivity contribution >= 4 is 11.5 Å². The molecule has 6 nitrogen and oxygen atoms in total. The van der Waals surface area contributed by atoms with Crippen molar-refractivity contribution in [3.63, 3.8) is 0 Å². The van der Waals surface area contributed by atoms with Gasteiger partial charge in [0.2, 0.25) is 0 Å². The molecule has 2 aromatic rings. The zero-order valence-corrected chi connectivity index (χ0v) is 9.26. The van der Waals surface area contributed by atoms with E-state index in [4.69, 9.17) is 5.73 Å². The molecule has 0 spiro atoms. The summed E-state index contributed by atoms with van der Waals surface area (Å²) in [5.41, 5.74) is 3.29. The molecule has 0 saturated carbocycles. The third-order valence-electron chi connectivity index (χ3n) is 2.33. The Morgan fingerprint density at radius 2 is 1.95 bits per heavy atom. The number of nitro groups is 1. The van der Waals surface area contributed by atoms with Gasteiger partial charge in [0.25, 0.3) is 5.69 Å². The van der Waals surface area contributed by atoms with Crippen molar-refractivity contribution in [2.24, 2.45) is 0 Å². The highest BCUT2D eigenvalue weighted by atomic mass is 19.4. The zero-order valence-electron chi connectivity index (χ0n) is 9.26. The number of halogens is 3. The van der Waals surface area contributed by atoms with Gasteiger partial charge in [-0.2, -0.15) is 13.2 Å². The number of para-hydroxylation sites is 2. The number of aromatic nitrogens is 2. The maximum Gasteiger partial charge on any atom is 0.433 e. The van der Waals surface area contributed by atoms with Crippen LogP contribution in [0.2, 0.25) is 0 Å². The summed E-state index contributed by atoms with van der Waals surface area (Å²) >= 11 is 0. The number of nitrogens with zero attached hydrogens (tertiary/aromatic N) is 3. The second-order valence-corrected chi connectivity index (χ2v) is 3.61. The van der Waals surface area contributed by atoms with Crippen molar-refractivity contribution in [2.45, 2.75) is 6.18 Å². The van der Waals surface area contributed by atoms with Gasteiger partial charge in [-0.05, 0) is 6.07 Å². The van der Waals surface area contributed by atoms with Crippen LogP contribution in [0, 0.1) is 10.1 Å². The van der Waals surface area contributed by atoms with E-state index in [0.717, 1.165) is 6.07 Å². The SMILES string of the molecule is Nc1cc(C(F)(F)F)n(-c2ccccc2[N+](=O)[O-])n1. The Morgan fingerprint density at radius 3 is 2.53 bits per heavy atom. The van der Waals surface area contributed by atoms with E-state index in [9.17, 15) is 23.3 Å². The third kappa shape index (κ3) is 2.34. The fourth-order valence-corrected chi connectivity index (χ4v) is 1.58. The highest BCUT2D eigenvalue weighted by Crippen LogP contribution is 2.34. The van der Waals surface area contributed by atoms with E-state index in [1.807, 2.05) is 0 Å². The minimum atomic E-state index is -4.71. The molecule has 0 fully saturated rings. The number of benzene rings is 1. The molecule has 1 heterocycles. The molecular formula is C10H7F3N4O2. The number of rotatable bonds is 2. The number of nitro benzene ring substituents is 1. The monoisotopic (exact) mass is 272 g/mol. The standard InChI is InChI=1S/C10H7F3N4O2/c11-10(12,13)8-5-9(14)15-16(8)6-3-1-2-4-7(6)17(18)19/h1-5H,(H2,14,15). The Morgan fingerprint density at radius 1 is 1.32 bits per heavy atom. The molecule has 2 rings (SSSR count). The lowest BCUT2D eigenvalue weighted by molar-refractivity contribution is -0.384. The van der Waals surface area contributed by atoms with Crippen LogP contribution in [0.3, 0.4) is 0 Å². The van der Waals surface area contributed by atoms with Gasteiger partial charge in [-0.15, -0.1) is 5.10 Å². The van der Waals surface area contributed by atoms with Gasteiger partial charge >= 0.3 is 6.18 Å². The van der Waals surface area contributed by atoms with Crippen LogP contribution in [0.4, 0.5) is 24.7 Å². The second kappa shape index (κ2) is 4.26. The number of nitrogens with two attached hydrogens (primary N) is 1. The highest BCUT2D eigenvalue weighted by Gasteiger charge is 2.37. The molecule has 0 aliphatic carbocycles. The Bertz CT molecular complexity index is 636. The Hall–Kier alpha value is -2.58. The highest BCUT2D eigenvalue weighted by molar-refractivity contribution is 5.53. The second-order valence-electron chi connectivity index (χ2n) is 3.61. The molecule has 1 aromatic carbocycles. The Balaban J connectivity index is 2.70. The van der Waals surface area contributed by atoms with Gasteiger partial charge in [0.15, 0.2) is 5.69 Å². The van der Waals surface area contributed by atoms with Gasteiger partial charge in [-0.3, -0.25) is 10.1 Å². The van der Waals surface area contributed by atoms with Crippen molar-refractivity contribution in [3.8, 4) is 5.69 Å². The summed E-state index contributed by atoms with van der Waals surface area (Å²) < 4.78 is 38.8. The molecule has 0 bridgehead atoms. The molecule has 0 atom stereocenters. The Labute approximate surface area is 104 Å². The molecule has 0 aliphatic heterocycles. The molecule has 1 aromatic heterocycles. The minimum absolute atomic E-state index is 0.295. The van der Waals surface area contributed by atoms with Crippen molar-refractivity contribution < 1.29 is 18.1 Å². The maximum absolute atomic E-state index is 12.8. The summed E-state index contributed by atoms with van der Waals surface area (Å²) in [5.74, 6) is -0.370. The average molecular weight is 272 g/mol. The largest absolute Gasteiger partial charge is 0.433 e. The van der Waals surface area contributed by atoms with Crippen LogP contribution in [-0.2, 0) is 6.18 Å². The van der Waals surface area contributed by atoms with E-state index in [-0.39, 0.29) is 11.5 Å². The summed E-state index contributed by atoms with van der Waals surface area (Å²) in [5, 5.41) is 14.3. The number of hydrogen-bond donors (Lipinski definition) is 1. The first-order chi connectivity index (χ1) is 8.80. The average Bonchev–Trinajstić information content (AvgIpc) is 2.71. The van der Waals surface area contributed by atoms with Crippen LogP contribution in [0.1, 0.15) is 5.69 Å². The van der Waals surface area contributed by atoms with Gasteiger partial charge in [-0.25, -0.2) is 4.68 Å². The zero-order chi connectivity index (χ0) is 14.2. The van der Waals surface area contributed by atoms with E-state index in [0.29, 0.717) is 10.7 Å². The molecule has 9 heteroatoms. The quantitative estimate of drug-likeness (QED) is 0.671. The van der Waals surface area contributed by atoms with Crippen LogP contribution in [0.15, 0.2) is 30.3 Å². The smallest absolute Gasteiger partial charge is 0.382 e. The maximum atomic E-state index is 12.8. The number of anilines is 1. The molecule has 0 aliphatic rings. The van der Waals surface area contributed by atoms with Gasteiger partial charge in [0.1, 0.15) is 11.5 Å². The number of hydrogen-bond acceptors (Lipinski definition) is 4.